The van der Waals surface area contributed by atoms with Crippen molar-refractivity contribution in [3.63, 3.8) is 0 Å². The van der Waals surface area contributed by atoms with Crippen molar-refractivity contribution in [3.05, 3.63) is 24.5 Å². The fourth-order valence-electron chi connectivity index (χ4n) is 0.388. The van der Waals surface area contributed by atoms with E-state index in [1.54, 1.807) is 0 Å². The van der Waals surface area contributed by atoms with Crippen LogP contribution in [0, 0.1) is 5.41 Å². The van der Waals surface area contributed by atoms with Crippen LogP contribution in [0.1, 0.15) is 13.3 Å². The lowest BCUT2D eigenvalue weighted by molar-refractivity contribution is 0.431. The number of aliphatic hydroxyl groups excluding tert-OH is 1. The monoisotopic (exact) mass is 125 g/mol. The van der Waals surface area contributed by atoms with Crippen molar-refractivity contribution in [2.24, 2.45) is 0 Å². The van der Waals surface area contributed by atoms with Gasteiger partial charge in [-0.25, -0.2) is 0 Å². The maximum absolute atomic E-state index is 8.69. The van der Waals surface area contributed by atoms with Crippen LogP contribution < -0.4 is 0 Å². The highest BCUT2D eigenvalue weighted by molar-refractivity contribution is 6.00. The molecule has 50 valence electrons. The van der Waals surface area contributed by atoms with Gasteiger partial charge in [0.25, 0.3) is 0 Å². The number of hydrogen-bond acceptors (Lipinski definition) is 2. The molecule has 0 aromatic heterocycles. The molecular formula is C7H11NO. The maximum atomic E-state index is 8.69. The van der Waals surface area contributed by atoms with Crippen LogP contribution in [0.5, 0.6) is 0 Å². The van der Waals surface area contributed by atoms with Crippen LogP contribution in [0.25, 0.3) is 0 Å². The standard InChI is InChI=1S/C7H11NO/c1-4-7(8)5(2)6(3)9/h8-9H,2-4H2,1H3. The summed E-state index contributed by atoms with van der Waals surface area (Å²) in [5.74, 6) is -0.109. The molecule has 0 aromatic rings. The van der Waals surface area contributed by atoms with E-state index < -0.39 is 0 Å². The molecule has 2 nitrogen and oxygen atoms in total. The Bertz CT molecular complexity index is 158. The molecule has 0 amide bonds. The van der Waals surface area contributed by atoms with E-state index in [0.29, 0.717) is 17.7 Å². The van der Waals surface area contributed by atoms with Gasteiger partial charge < -0.3 is 10.5 Å². The summed E-state index contributed by atoms with van der Waals surface area (Å²) in [6, 6.07) is 0. The van der Waals surface area contributed by atoms with Crippen molar-refractivity contribution < 1.29 is 5.11 Å². The Kier molecular flexibility index (Phi) is 2.71. The van der Waals surface area contributed by atoms with Crippen molar-refractivity contribution >= 4 is 5.71 Å². The lowest BCUT2D eigenvalue weighted by atomic mass is 10.1. The summed E-state index contributed by atoms with van der Waals surface area (Å²) in [6.45, 7) is 8.52. The lowest BCUT2D eigenvalue weighted by Gasteiger charge is -2.00. The Morgan fingerprint density at radius 2 is 2.00 bits per heavy atom. The normalized spacial score (nSPS) is 8.56. The Balaban J connectivity index is 4.05. The molecule has 0 atom stereocenters. The van der Waals surface area contributed by atoms with E-state index in [9.17, 15) is 0 Å². The molecule has 0 heterocycles. The summed E-state index contributed by atoms with van der Waals surface area (Å²) in [6.07, 6.45) is 0.582. The second-order valence-electron chi connectivity index (χ2n) is 1.76. The van der Waals surface area contributed by atoms with Gasteiger partial charge in [-0.05, 0) is 6.42 Å². The van der Waals surface area contributed by atoms with Gasteiger partial charge in [0.2, 0.25) is 0 Å². The number of allylic oxidation sites excluding steroid dienone is 1. The largest absolute Gasteiger partial charge is 0.508 e. The Hall–Kier alpha value is -1.05. The van der Waals surface area contributed by atoms with Gasteiger partial charge in [-0.3, -0.25) is 0 Å². The van der Waals surface area contributed by atoms with Crippen molar-refractivity contribution in [3.8, 4) is 0 Å². The zero-order chi connectivity index (χ0) is 7.44. The van der Waals surface area contributed by atoms with Crippen LogP contribution in [0.15, 0.2) is 24.5 Å². The average Bonchev–Trinajstić information content (AvgIpc) is 1.84. The summed E-state index contributed by atoms with van der Waals surface area (Å²) in [4.78, 5) is 0. The molecule has 0 aliphatic carbocycles. The summed E-state index contributed by atoms with van der Waals surface area (Å²) in [7, 11) is 0. The summed E-state index contributed by atoms with van der Waals surface area (Å²) >= 11 is 0. The number of nitrogens with one attached hydrogen (secondary N) is 1. The van der Waals surface area contributed by atoms with Crippen molar-refractivity contribution in [2.75, 3.05) is 0 Å². The minimum absolute atomic E-state index is 0.109. The van der Waals surface area contributed by atoms with Crippen molar-refractivity contribution in [1.82, 2.24) is 0 Å². The molecule has 0 rings (SSSR count). The van der Waals surface area contributed by atoms with Crippen LogP contribution in [0.2, 0.25) is 0 Å². The van der Waals surface area contributed by atoms with Crippen LogP contribution in [0.4, 0.5) is 0 Å². The quantitative estimate of drug-likeness (QED) is 0.338. The van der Waals surface area contributed by atoms with E-state index in [1.165, 1.54) is 0 Å². The minimum atomic E-state index is -0.109. The fraction of sp³-hybridized carbons (Fsp3) is 0.286. The SMILES string of the molecule is C=C(O)C(=C)C(=N)CC. The highest BCUT2D eigenvalue weighted by atomic mass is 16.3. The maximum Gasteiger partial charge on any atom is 0.116 e. The van der Waals surface area contributed by atoms with Gasteiger partial charge in [-0.1, -0.05) is 20.1 Å². The van der Waals surface area contributed by atoms with Crippen LogP contribution in [-0.2, 0) is 0 Å². The molecular weight excluding hydrogens is 114 g/mol. The highest BCUT2D eigenvalue weighted by Crippen LogP contribution is 2.03. The van der Waals surface area contributed by atoms with Crippen LogP contribution >= 0.6 is 0 Å². The third-order valence-electron chi connectivity index (χ3n) is 1.07. The third-order valence-corrected chi connectivity index (χ3v) is 1.07. The lowest BCUT2D eigenvalue weighted by Crippen LogP contribution is -1.99. The Morgan fingerprint density at radius 3 is 2.11 bits per heavy atom. The number of hydrogen-bond donors (Lipinski definition) is 2. The second kappa shape index (κ2) is 3.07. The van der Waals surface area contributed by atoms with E-state index in [-0.39, 0.29) is 5.76 Å². The van der Waals surface area contributed by atoms with Gasteiger partial charge in [-0.15, -0.1) is 0 Å². The van der Waals surface area contributed by atoms with Gasteiger partial charge in [0.05, 0.1) is 0 Å². The second-order valence-corrected chi connectivity index (χ2v) is 1.76. The van der Waals surface area contributed by atoms with Crippen molar-refractivity contribution in [1.29, 1.82) is 5.41 Å². The molecule has 0 fully saturated rings. The zero-order valence-electron chi connectivity index (χ0n) is 5.57. The third kappa shape index (κ3) is 2.13. The molecule has 0 aliphatic rings. The molecule has 2 heteroatoms. The fourth-order valence-corrected chi connectivity index (χ4v) is 0.388. The molecule has 0 radical (unpaired) electrons. The highest BCUT2D eigenvalue weighted by Gasteiger charge is 2.00. The summed E-state index contributed by atoms with van der Waals surface area (Å²) in [5.41, 5.74) is 0.667. The van der Waals surface area contributed by atoms with Gasteiger partial charge in [0.15, 0.2) is 0 Å². The Labute approximate surface area is 55.0 Å². The van der Waals surface area contributed by atoms with E-state index in [4.69, 9.17) is 10.5 Å². The predicted octanol–water partition coefficient (Wildman–Crippen LogP) is 2.04. The van der Waals surface area contributed by atoms with E-state index in [1.807, 2.05) is 6.92 Å². The first-order valence-electron chi connectivity index (χ1n) is 2.74. The first kappa shape index (κ1) is 7.95. The zero-order valence-corrected chi connectivity index (χ0v) is 5.57. The van der Waals surface area contributed by atoms with E-state index in [2.05, 4.69) is 13.2 Å². The van der Waals surface area contributed by atoms with Gasteiger partial charge in [0.1, 0.15) is 5.76 Å². The van der Waals surface area contributed by atoms with Gasteiger partial charge in [-0.2, -0.15) is 0 Å². The molecule has 0 unspecified atom stereocenters. The summed E-state index contributed by atoms with van der Waals surface area (Å²) in [5, 5.41) is 15.8. The molecule has 0 saturated heterocycles. The smallest absolute Gasteiger partial charge is 0.116 e. The predicted molar refractivity (Wildman–Crippen MR) is 38.9 cm³/mol. The molecule has 0 aromatic carbocycles. The molecule has 0 bridgehead atoms. The molecule has 0 spiro atoms. The molecule has 9 heavy (non-hydrogen) atoms. The van der Waals surface area contributed by atoms with Crippen LogP contribution in [-0.4, -0.2) is 10.8 Å². The number of aliphatic hydroxyl groups is 1. The topological polar surface area (TPSA) is 44.1 Å². The minimum Gasteiger partial charge on any atom is -0.508 e. The Morgan fingerprint density at radius 1 is 1.56 bits per heavy atom. The molecule has 0 saturated carbocycles. The average molecular weight is 125 g/mol. The van der Waals surface area contributed by atoms with E-state index >= 15 is 0 Å². The van der Waals surface area contributed by atoms with Gasteiger partial charge in [0, 0.05) is 11.3 Å². The van der Waals surface area contributed by atoms with Crippen LogP contribution in [0.3, 0.4) is 0 Å². The molecule has 2 N–H and O–H groups in total. The van der Waals surface area contributed by atoms with E-state index in [0.717, 1.165) is 0 Å². The molecule has 0 aliphatic heterocycles. The first-order valence-corrected chi connectivity index (χ1v) is 2.74. The van der Waals surface area contributed by atoms with Crippen molar-refractivity contribution in [2.45, 2.75) is 13.3 Å². The van der Waals surface area contributed by atoms with Gasteiger partial charge >= 0.3 is 0 Å². The summed E-state index contributed by atoms with van der Waals surface area (Å²) < 4.78 is 0. The number of rotatable bonds is 3. The first-order chi connectivity index (χ1) is 4.09.